The van der Waals surface area contributed by atoms with Crippen molar-refractivity contribution in [3.8, 4) is 0 Å². The van der Waals surface area contributed by atoms with E-state index < -0.39 is 0 Å². The lowest BCUT2D eigenvalue weighted by Gasteiger charge is -2.07. The van der Waals surface area contributed by atoms with Gasteiger partial charge in [0.1, 0.15) is 5.82 Å². The van der Waals surface area contributed by atoms with Crippen LogP contribution in [0.4, 0.5) is 5.69 Å². The number of thioether (sulfide) groups is 1. The number of anilines is 1. The van der Waals surface area contributed by atoms with Crippen LogP contribution in [0.1, 0.15) is 18.3 Å². The van der Waals surface area contributed by atoms with Crippen LogP contribution in [-0.2, 0) is 17.8 Å². The second-order valence-electron chi connectivity index (χ2n) is 5.42. The number of allylic oxidation sites excluding steroid dienone is 2. The molecule has 2 aromatic rings. The SMILES string of the molecule is C=C/N=C\C=C/Cc1nnc(SCC(=O)Nc2ccc(C=C)cc2)n1CC. The highest BCUT2D eigenvalue weighted by atomic mass is 32.2. The maximum atomic E-state index is 12.2. The molecule has 0 bridgehead atoms. The fourth-order valence-corrected chi connectivity index (χ4v) is 3.09. The minimum Gasteiger partial charge on any atom is -0.325 e. The van der Waals surface area contributed by atoms with Gasteiger partial charge < -0.3 is 9.88 Å². The Hall–Kier alpha value is -2.93. The predicted molar refractivity (Wildman–Crippen MR) is 113 cm³/mol. The maximum Gasteiger partial charge on any atom is 0.234 e. The third kappa shape index (κ3) is 6.38. The largest absolute Gasteiger partial charge is 0.325 e. The van der Waals surface area contributed by atoms with Crippen molar-refractivity contribution in [2.75, 3.05) is 11.1 Å². The molecule has 140 valence electrons. The highest BCUT2D eigenvalue weighted by Gasteiger charge is 2.12. The van der Waals surface area contributed by atoms with Gasteiger partial charge in [-0.1, -0.05) is 49.2 Å². The Kier molecular flexibility index (Phi) is 8.25. The summed E-state index contributed by atoms with van der Waals surface area (Å²) < 4.78 is 2.01. The molecule has 0 aliphatic rings. The molecule has 2 rings (SSSR count). The predicted octanol–water partition coefficient (Wildman–Crippen LogP) is 3.98. The summed E-state index contributed by atoms with van der Waals surface area (Å²) in [6.07, 6.45) is 9.35. The van der Waals surface area contributed by atoms with Gasteiger partial charge in [0.2, 0.25) is 5.91 Å². The van der Waals surface area contributed by atoms with Crippen molar-refractivity contribution in [3.63, 3.8) is 0 Å². The van der Waals surface area contributed by atoms with Crippen molar-refractivity contribution in [3.05, 3.63) is 67.2 Å². The lowest BCUT2D eigenvalue weighted by atomic mass is 10.2. The number of amides is 1. The van der Waals surface area contributed by atoms with Gasteiger partial charge in [-0.05, 0) is 30.7 Å². The Morgan fingerprint density at radius 3 is 2.74 bits per heavy atom. The van der Waals surface area contributed by atoms with Gasteiger partial charge >= 0.3 is 0 Å². The van der Waals surface area contributed by atoms with Crippen molar-refractivity contribution in [2.45, 2.75) is 25.0 Å². The van der Waals surface area contributed by atoms with E-state index in [0.717, 1.165) is 28.8 Å². The minimum absolute atomic E-state index is 0.0842. The van der Waals surface area contributed by atoms with Gasteiger partial charge in [0.25, 0.3) is 0 Å². The van der Waals surface area contributed by atoms with Crippen molar-refractivity contribution in [1.29, 1.82) is 0 Å². The normalized spacial score (nSPS) is 11.1. The van der Waals surface area contributed by atoms with Crippen molar-refractivity contribution in [1.82, 2.24) is 14.8 Å². The number of aromatic nitrogens is 3. The molecule has 7 heteroatoms. The van der Waals surface area contributed by atoms with Crippen molar-refractivity contribution in [2.24, 2.45) is 4.99 Å². The molecular weight excluding hydrogens is 358 g/mol. The smallest absolute Gasteiger partial charge is 0.234 e. The van der Waals surface area contributed by atoms with Crippen LogP contribution in [0.15, 0.2) is 65.9 Å². The van der Waals surface area contributed by atoms with E-state index in [4.69, 9.17) is 0 Å². The van der Waals surface area contributed by atoms with E-state index in [2.05, 4.69) is 33.7 Å². The summed E-state index contributed by atoms with van der Waals surface area (Å²) in [5.41, 5.74) is 1.77. The average molecular weight is 382 g/mol. The molecule has 6 nitrogen and oxygen atoms in total. The second-order valence-corrected chi connectivity index (χ2v) is 6.36. The number of carbonyl (C=O) groups is 1. The zero-order chi connectivity index (χ0) is 19.5. The van der Waals surface area contributed by atoms with E-state index in [-0.39, 0.29) is 11.7 Å². The third-order valence-electron chi connectivity index (χ3n) is 3.59. The molecule has 0 aliphatic heterocycles. The molecule has 1 heterocycles. The van der Waals surface area contributed by atoms with Gasteiger partial charge in [-0.25, -0.2) is 0 Å². The van der Waals surface area contributed by atoms with Gasteiger partial charge in [-0.3, -0.25) is 9.79 Å². The number of hydrogen-bond donors (Lipinski definition) is 1. The standard InChI is InChI=1S/C20H23N5OS/c1-4-16-10-12-17(13-11-16)22-19(26)15-27-20-24-23-18(25(20)6-3)9-7-8-14-21-5-2/h4-5,7-8,10-14H,1-2,6,9,15H2,3H3,(H,22,26)/b8-7-,21-14-. The Labute approximate surface area is 163 Å². The monoisotopic (exact) mass is 381 g/mol. The van der Waals surface area contributed by atoms with Crippen LogP contribution in [0, 0.1) is 0 Å². The van der Waals surface area contributed by atoms with E-state index in [0.29, 0.717) is 6.42 Å². The van der Waals surface area contributed by atoms with Gasteiger partial charge in [0.15, 0.2) is 5.16 Å². The van der Waals surface area contributed by atoms with Crippen molar-refractivity contribution >= 4 is 35.6 Å². The molecule has 0 unspecified atom stereocenters. The third-order valence-corrected chi connectivity index (χ3v) is 4.55. The molecular formula is C20H23N5OS. The molecule has 1 aromatic carbocycles. The number of benzene rings is 1. The molecule has 1 N–H and O–H groups in total. The van der Waals surface area contributed by atoms with Crippen LogP contribution in [0.3, 0.4) is 0 Å². The van der Waals surface area contributed by atoms with Crippen LogP contribution in [-0.4, -0.2) is 32.6 Å². The zero-order valence-corrected chi connectivity index (χ0v) is 16.2. The van der Waals surface area contributed by atoms with Gasteiger partial charge in [0.05, 0.1) is 5.75 Å². The molecule has 0 atom stereocenters. The fraction of sp³-hybridized carbons (Fsp3) is 0.200. The molecule has 1 aromatic heterocycles. The summed E-state index contributed by atoms with van der Waals surface area (Å²) in [4.78, 5) is 16.1. The van der Waals surface area contributed by atoms with E-state index in [1.807, 2.05) is 47.9 Å². The Balaban J connectivity index is 1.91. The molecule has 0 saturated carbocycles. The molecule has 1 amide bonds. The molecule has 0 spiro atoms. The first kappa shape index (κ1) is 20.4. The van der Waals surface area contributed by atoms with E-state index in [1.54, 1.807) is 12.3 Å². The Bertz CT molecular complexity index is 837. The van der Waals surface area contributed by atoms with Crippen LogP contribution < -0.4 is 5.32 Å². The Morgan fingerprint density at radius 1 is 1.30 bits per heavy atom. The number of nitrogens with one attached hydrogen (secondary N) is 1. The number of carbonyl (C=O) groups excluding carboxylic acids is 1. The fourth-order valence-electron chi connectivity index (χ4n) is 2.27. The van der Waals surface area contributed by atoms with Gasteiger partial charge in [0, 0.05) is 31.1 Å². The summed E-state index contributed by atoms with van der Waals surface area (Å²) in [5, 5.41) is 12.0. The van der Waals surface area contributed by atoms with Gasteiger partial charge in [-0.2, -0.15) is 0 Å². The summed E-state index contributed by atoms with van der Waals surface area (Å²) in [6.45, 7) is 10.0. The van der Waals surface area contributed by atoms with Crippen LogP contribution in [0.5, 0.6) is 0 Å². The number of aliphatic imine (C=N–C) groups is 1. The highest BCUT2D eigenvalue weighted by molar-refractivity contribution is 7.99. The minimum atomic E-state index is -0.0842. The lowest BCUT2D eigenvalue weighted by molar-refractivity contribution is -0.113. The number of hydrogen-bond acceptors (Lipinski definition) is 5. The zero-order valence-electron chi connectivity index (χ0n) is 15.3. The van der Waals surface area contributed by atoms with Crippen LogP contribution in [0.2, 0.25) is 0 Å². The lowest BCUT2D eigenvalue weighted by Crippen LogP contribution is -2.14. The number of rotatable bonds is 10. The molecule has 0 radical (unpaired) electrons. The Morgan fingerprint density at radius 2 is 2.07 bits per heavy atom. The van der Waals surface area contributed by atoms with Gasteiger partial charge in [-0.15, -0.1) is 10.2 Å². The summed E-state index contributed by atoms with van der Waals surface area (Å²) in [6, 6.07) is 7.52. The summed E-state index contributed by atoms with van der Waals surface area (Å²) >= 11 is 1.37. The van der Waals surface area contributed by atoms with Crippen LogP contribution >= 0.6 is 11.8 Å². The first-order chi connectivity index (χ1) is 13.2. The molecule has 0 saturated heterocycles. The summed E-state index contributed by atoms with van der Waals surface area (Å²) in [5.74, 6) is 1.03. The molecule has 27 heavy (non-hydrogen) atoms. The average Bonchev–Trinajstić information content (AvgIpc) is 3.08. The summed E-state index contributed by atoms with van der Waals surface area (Å²) in [7, 11) is 0. The molecule has 0 aliphatic carbocycles. The number of nitrogens with zero attached hydrogens (tertiary/aromatic N) is 4. The highest BCUT2D eigenvalue weighted by Crippen LogP contribution is 2.18. The topological polar surface area (TPSA) is 72.2 Å². The quantitative estimate of drug-likeness (QED) is 0.499. The second kappa shape index (κ2) is 10.9. The van der Waals surface area contributed by atoms with E-state index in [9.17, 15) is 4.79 Å². The van der Waals surface area contributed by atoms with E-state index >= 15 is 0 Å². The molecule has 0 fully saturated rings. The first-order valence-corrected chi connectivity index (χ1v) is 9.53. The van der Waals surface area contributed by atoms with Crippen molar-refractivity contribution < 1.29 is 4.79 Å². The first-order valence-electron chi connectivity index (χ1n) is 8.54. The van der Waals surface area contributed by atoms with E-state index in [1.165, 1.54) is 18.0 Å². The maximum absolute atomic E-state index is 12.2. The van der Waals surface area contributed by atoms with Crippen LogP contribution in [0.25, 0.3) is 6.08 Å².